The average Bonchev–Trinajstić information content (AvgIpc) is 3.58. The minimum absolute atomic E-state index is 0.0298. The lowest BCUT2D eigenvalue weighted by Gasteiger charge is -2.31. The highest BCUT2D eigenvalue weighted by Crippen LogP contribution is 2.45. The van der Waals surface area contributed by atoms with E-state index >= 15 is 4.39 Å². The summed E-state index contributed by atoms with van der Waals surface area (Å²) in [5.74, 6) is -1.10. The molecule has 3 aliphatic rings. The third-order valence-corrected chi connectivity index (χ3v) is 9.43. The molecule has 0 unspecified atom stereocenters. The van der Waals surface area contributed by atoms with Gasteiger partial charge < -0.3 is 25.2 Å². The number of β-amino-alcohol motifs (C(OH)–C–C–N with tert-alkyl or cyclic N) is 1. The van der Waals surface area contributed by atoms with E-state index in [1.165, 1.54) is 12.1 Å². The number of aromatic nitrogens is 3. The minimum atomic E-state index is -0.945. The van der Waals surface area contributed by atoms with E-state index < -0.39 is 23.3 Å². The molecule has 3 aliphatic heterocycles. The van der Waals surface area contributed by atoms with Gasteiger partial charge in [-0.1, -0.05) is 0 Å². The monoisotopic (exact) mass is 597 g/mol. The van der Waals surface area contributed by atoms with E-state index in [0.717, 1.165) is 30.7 Å². The Balaban J connectivity index is 1.41. The summed E-state index contributed by atoms with van der Waals surface area (Å²) < 4.78 is 57.8. The van der Waals surface area contributed by atoms with Crippen LogP contribution in [0.5, 0.6) is 11.9 Å². The number of nitrogens with two attached hydrogens (primary N) is 1. The molecule has 0 aliphatic carbocycles. The smallest absolute Gasteiger partial charge is 0.319 e. The van der Waals surface area contributed by atoms with Crippen LogP contribution in [0.25, 0.3) is 32.2 Å². The van der Waals surface area contributed by atoms with Crippen molar-refractivity contribution in [2.45, 2.75) is 31.0 Å². The highest BCUT2D eigenvalue weighted by molar-refractivity contribution is 7.23. The van der Waals surface area contributed by atoms with Crippen molar-refractivity contribution in [1.82, 2.24) is 19.9 Å². The lowest BCUT2D eigenvalue weighted by molar-refractivity contribution is 0.107. The number of halogens is 3. The fraction of sp³-hybridized carbons (Fsp3) is 0.429. The predicted molar refractivity (Wildman–Crippen MR) is 151 cm³/mol. The summed E-state index contributed by atoms with van der Waals surface area (Å²) in [5.41, 5.74) is 5.39. The minimum Gasteiger partial charge on any atom is -0.475 e. The molecular formula is C28H26F3N7O3S. The van der Waals surface area contributed by atoms with E-state index in [9.17, 15) is 19.1 Å². The zero-order chi connectivity index (χ0) is 29.2. The number of aliphatic hydroxyl groups excluding tert-OH is 1. The maximum Gasteiger partial charge on any atom is 0.319 e. The largest absolute Gasteiger partial charge is 0.475 e. The van der Waals surface area contributed by atoms with Crippen LogP contribution in [-0.2, 0) is 0 Å². The predicted octanol–water partition coefficient (Wildman–Crippen LogP) is 3.78. The third-order valence-electron chi connectivity index (χ3n) is 8.40. The number of pyridine rings is 1. The van der Waals surface area contributed by atoms with Gasteiger partial charge in [-0.25, -0.2) is 18.2 Å². The number of hydrogen-bond donors (Lipinski definition) is 2. The fourth-order valence-corrected chi connectivity index (χ4v) is 7.47. The first-order valence-corrected chi connectivity index (χ1v) is 14.5. The summed E-state index contributed by atoms with van der Waals surface area (Å²) in [6.45, 7) is 1.75. The molecule has 1 aromatic carbocycles. The summed E-state index contributed by atoms with van der Waals surface area (Å²) >= 11 is 0.901. The molecule has 7 rings (SSSR count). The van der Waals surface area contributed by atoms with Crippen LogP contribution in [0.4, 0.5) is 24.0 Å². The van der Waals surface area contributed by atoms with Crippen LogP contribution in [0.1, 0.15) is 24.8 Å². The van der Waals surface area contributed by atoms with Gasteiger partial charge in [-0.05, 0) is 31.5 Å². The third kappa shape index (κ3) is 4.10. The highest BCUT2D eigenvalue weighted by Gasteiger charge is 2.49. The molecular weight excluding hydrogens is 571 g/mol. The van der Waals surface area contributed by atoms with Gasteiger partial charge in [-0.3, -0.25) is 4.90 Å². The molecule has 0 spiro atoms. The molecule has 2 atom stereocenters. The van der Waals surface area contributed by atoms with Crippen LogP contribution >= 0.6 is 11.3 Å². The first-order chi connectivity index (χ1) is 20.3. The molecule has 0 saturated carbocycles. The van der Waals surface area contributed by atoms with Crippen LogP contribution < -0.4 is 20.1 Å². The summed E-state index contributed by atoms with van der Waals surface area (Å²) in [7, 11) is 0. The molecule has 2 fully saturated rings. The van der Waals surface area contributed by atoms with Gasteiger partial charge in [0.1, 0.15) is 58.7 Å². The van der Waals surface area contributed by atoms with Crippen LogP contribution in [0.15, 0.2) is 12.1 Å². The first kappa shape index (κ1) is 26.9. The summed E-state index contributed by atoms with van der Waals surface area (Å²) in [6, 6.07) is 4.42. The number of nitrogens with zero attached hydrogens (tertiary/aromatic N) is 6. The van der Waals surface area contributed by atoms with Crippen LogP contribution in [0, 0.1) is 23.0 Å². The van der Waals surface area contributed by atoms with E-state index in [1.807, 2.05) is 6.07 Å². The Kier molecular flexibility index (Phi) is 6.48. The zero-order valence-electron chi connectivity index (χ0n) is 22.4. The van der Waals surface area contributed by atoms with Crippen molar-refractivity contribution in [2.75, 3.05) is 56.6 Å². The van der Waals surface area contributed by atoms with Crippen molar-refractivity contribution in [3.05, 3.63) is 29.3 Å². The van der Waals surface area contributed by atoms with E-state index in [2.05, 4.69) is 19.9 Å². The van der Waals surface area contributed by atoms with E-state index in [-0.39, 0.29) is 86.9 Å². The van der Waals surface area contributed by atoms with Gasteiger partial charge in [-0.2, -0.15) is 15.2 Å². The Bertz CT molecular complexity index is 1780. The number of nitriles is 1. The fourth-order valence-electron chi connectivity index (χ4n) is 6.52. The second-order valence-corrected chi connectivity index (χ2v) is 11.9. The van der Waals surface area contributed by atoms with Crippen LogP contribution in [0.3, 0.4) is 0 Å². The molecule has 10 nitrogen and oxygen atoms in total. The number of fused-ring (bicyclic) bond motifs is 2. The second-order valence-electron chi connectivity index (χ2n) is 10.8. The number of alkyl halides is 1. The molecule has 14 heteroatoms. The molecule has 42 heavy (non-hydrogen) atoms. The van der Waals surface area contributed by atoms with Gasteiger partial charge in [0.25, 0.3) is 0 Å². The van der Waals surface area contributed by atoms with E-state index in [4.69, 9.17) is 15.2 Å². The highest BCUT2D eigenvalue weighted by atomic mass is 32.1. The van der Waals surface area contributed by atoms with Gasteiger partial charge >= 0.3 is 6.01 Å². The number of anilines is 2. The quantitative estimate of drug-likeness (QED) is 0.338. The van der Waals surface area contributed by atoms with Crippen molar-refractivity contribution in [3.63, 3.8) is 0 Å². The lowest BCUT2D eigenvalue weighted by atomic mass is 9.95. The number of aliphatic hydroxyl groups is 1. The molecule has 3 aromatic heterocycles. The van der Waals surface area contributed by atoms with E-state index in [0.29, 0.717) is 19.5 Å². The summed E-state index contributed by atoms with van der Waals surface area (Å²) in [6.07, 6.45) is 1.10. The molecule has 6 heterocycles. The zero-order valence-corrected chi connectivity index (χ0v) is 23.2. The Morgan fingerprint density at radius 3 is 2.90 bits per heavy atom. The standard InChI is InChI=1S/C28H26F3N7O3S/c29-14-10-28(4-1-5-38(28)12-14)13-41-27-35-22-19-25(36-27)37(6-8-39)7-9-40-26(19)34-21(20(22)31)15-2-3-17(30)23-18(15)16(11-32)24(33)42-23/h2-3,14,39H,1,4-10,12-13,33H2/t14-,28+/m1/s1. The van der Waals surface area contributed by atoms with Crippen molar-refractivity contribution in [2.24, 2.45) is 0 Å². The molecule has 0 bridgehead atoms. The summed E-state index contributed by atoms with van der Waals surface area (Å²) in [5, 5.41) is 19.9. The van der Waals surface area contributed by atoms with Gasteiger partial charge in [0, 0.05) is 30.5 Å². The maximum absolute atomic E-state index is 16.6. The van der Waals surface area contributed by atoms with Gasteiger partial charge in [0.2, 0.25) is 5.88 Å². The number of rotatable bonds is 6. The van der Waals surface area contributed by atoms with Gasteiger partial charge in [0.05, 0.1) is 29.0 Å². The molecule has 0 radical (unpaired) electrons. The number of hydrogen-bond acceptors (Lipinski definition) is 11. The van der Waals surface area contributed by atoms with Gasteiger partial charge in [0.15, 0.2) is 5.82 Å². The first-order valence-electron chi connectivity index (χ1n) is 13.7. The van der Waals surface area contributed by atoms with Crippen molar-refractivity contribution >= 4 is 43.1 Å². The Hall–Kier alpha value is -3.93. The Labute approximate surface area is 242 Å². The number of ether oxygens (including phenoxy) is 2. The van der Waals surface area contributed by atoms with Crippen molar-refractivity contribution in [3.8, 4) is 29.2 Å². The van der Waals surface area contributed by atoms with E-state index in [1.54, 1.807) is 4.90 Å². The topological polar surface area (TPSA) is 134 Å². The molecule has 0 amide bonds. The van der Waals surface area contributed by atoms with Crippen LogP contribution in [0.2, 0.25) is 0 Å². The number of thiophene rings is 1. The van der Waals surface area contributed by atoms with Gasteiger partial charge in [-0.15, -0.1) is 11.3 Å². The van der Waals surface area contributed by atoms with Crippen molar-refractivity contribution < 1.29 is 27.8 Å². The Morgan fingerprint density at radius 2 is 2.10 bits per heavy atom. The number of nitrogen functional groups attached to an aromatic ring is 1. The Morgan fingerprint density at radius 1 is 1.24 bits per heavy atom. The molecule has 2 saturated heterocycles. The van der Waals surface area contributed by atoms with Crippen molar-refractivity contribution in [1.29, 1.82) is 5.26 Å². The molecule has 3 N–H and O–H groups in total. The molecule has 218 valence electrons. The SMILES string of the molecule is N#Cc1c(N)sc2c(F)ccc(-c3nc4c5c(nc(OC[C@@]67CCCN6C[C@H](F)C7)nc5c3F)N(CCO)CCO4)c12. The summed E-state index contributed by atoms with van der Waals surface area (Å²) in [4.78, 5) is 17.4. The maximum atomic E-state index is 16.6. The average molecular weight is 598 g/mol. The van der Waals surface area contributed by atoms with Crippen LogP contribution in [-0.4, -0.2) is 82.7 Å². The number of benzene rings is 1. The second kappa shape index (κ2) is 10.1. The normalized spacial score (nSPS) is 21.9. The molecule has 4 aromatic rings. The lowest BCUT2D eigenvalue weighted by Crippen LogP contribution is -2.43.